The average Bonchev–Trinajstić information content (AvgIpc) is 2.34. The normalized spacial score (nSPS) is 14.2. The topological polar surface area (TPSA) is 58.2 Å². The van der Waals surface area contributed by atoms with E-state index in [1.54, 1.807) is 14.0 Å². The van der Waals surface area contributed by atoms with E-state index in [0.29, 0.717) is 23.1 Å². The molecule has 0 radical (unpaired) electrons. The molecule has 2 N–H and O–H groups in total. The zero-order valence-corrected chi connectivity index (χ0v) is 13.9. The van der Waals surface area contributed by atoms with Gasteiger partial charge in [0.05, 0.1) is 23.7 Å². The predicted molar refractivity (Wildman–Crippen MR) is 88.1 cm³/mol. The number of carbonyl (C=O) groups is 2. The van der Waals surface area contributed by atoms with Crippen LogP contribution in [-0.4, -0.2) is 53.8 Å². The summed E-state index contributed by atoms with van der Waals surface area (Å²) in [5.74, 6) is 2.27. The quantitative estimate of drug-likeness (QED) is 0.196. The van der Waals surface area contributed by atoms with E-state index in [9.17, 15) is 9.59 Å². The Morgan fingerprint density at radius 2 is 1.78 bits per heavy atom. The van der Waals surface area contributed by atoms with Crippen LogP contribution in [0.25, 0.3) is 0 Å². The summed E-state index contributed by atoms with van der Waals surface area (Å²) < 4.78 is 0. The summed E-state index contributed by atoms with van der Waals surface area (Å²) in [7, 11) is 4.76. The second-order valence-electron chi connectivity index (χ2n) is 3.56. The van der Waals surface area contributed by atoms with Gasteiger partial charge in [-0.1, -0.05) is 21.6 Å². The largest absolute Gasteiger partial charge is 0.310 e. The van der Waals surface area contributed by atoms with Gasteiger partial charge >= 0.3 is 0 Å². The third-order valence-corrected chi connectivity index (χ3v) is 5.06. The molecule has 0 unspecified atom stereocenters. The van der Waals surface area contributed by atoms with Gasteiger partial charge in [0.2, 0.25) is 0 Å². The standard InChI is InChI=1S/C10H20N2O2S4/c1-7(13)8(3-15)12-6-18-17-5-10(14)9(4-16)11-2/h8-9,11-12,15-16H,3-6H2,1-2H3/t8-,9-/m0/s1. The molecule has 0 aliphatic carbocycles. The van der Waals surface area contributed by atoms with E-state index >= 15 is 0 Å². The lowest BCUT2D eigenvalue weighted by Crippen LogP contribution is -2.37. The number of likely N-dealkylation sites (N-methyl/N-ethyl adjacent to an activating group) is 1. The fraction of sp³-hybridized carbons (Fsp3) is 0.800. The van der Waals surface area contributed by atoms with Gasteiger partial charge in [0.1, 0.15) is 5.78 Å². The molecular weight excluding hydrogens is 308 g/mol. The van der Waals surface area contributed by atoms with E-state index < -0.39 is 0 Å². The third-order valence-electron chi connectivity index (χ3n) is 2.27. The lowest BCUT2D eigenvalue weighted by atomic mass is 10.2. The maximum absolute atomic E-state index is 11.6. The van der Waals surface area contributed by atoms with Crippen LogP contribution in [0.4, 0.5) is 0 Å². The lowest BCUT2D eigenvalue weighted by Gasteiger charge is -2.13. The van der Waals surface area contributed by atoms with Crippen molar-refractivity contribution in [2.75, 3.05) is 30.2 Å². The van der Waals surface area contributed by atoms with Crippen molar-refractivity contribution in [1.29, 1.82) is 0 Å². The van der Waals surface area contributed by atoms with Crippen LogP contribution >= 0.6 is 46.8 Å². The van der Waals surface area contributed by atoms with Gasteiger partial charge in [-0.05, 0) is 14.0 Å². The summed E-state index contributed by atoms with van der Waals surface area (Å²) in [6.07, 6.45) is 0. The third kappa shape index (κ3) is 7.96. The van der Waals surface area contributed by atoms with Crippen LogP contribution in [0.2, 0.25) is 0 Å². The van der Waals surface area contributed by atoms with Gasteiger partial charge in [0.25, 0.3) is 0 Å². The van der Waals surface area contributed by atoms with Gasteiger partial charge in [0.15, 0.2) is 5.78 Å². The summed E-state index contributed by atoms with van der Waals surface area (Å²) in [6, 6.07) is -0.392. The van der Waals surface area contributed by atoms with Crippen LogP contribution in [0.5, 0.6) is 0 Å². The second-order valence-corrected chi connectivity index (χ2v) is 6.76. The predicted octanol–water partition coefficient (Wildman–Crippen LogP) is 0.889. The van der Waals surface area contributed by atoms with Gasteiger partial charge in [0, 0.05) is 11.5 Å². The summed E-state index contributed by atoms with van der Waals surface area (Å²) in [5.41, 5.74) is 0. The molecule has 0 aromatic rings. The first-order valence-corrected chi connectivity index (χ1v) is 9.22. The molecule has 0 saturated carbocycles. The highest BCUT2D eigenvalue weighted by Crippen LogP contribution is 2.20. The SMILES string of the molecule is CN[C@@H](CS)C(=O)CSSCN[C@@H](CS)C(C)=O. The van der Waals surface area contributed by atoms with Crippen molar-refractivity contribution in [2.45, 2.75) is 19.0 Å². The van der Waals surface area contributed by atoms with Crippen molar-refractivity contribution >= 4 is 58.4 Å². The van der Waals surface area contributed by atoms with Crippen molar-refractivity contribution in [3.63, 3.8) is 0 Å². The molecule has 0 bridgehead atoms. The Labute approximate surface area is 127 Å². The van der Waals surface area contributed by atoms with E-state index in [-0.39, 0.29) is 23.7 Å². The Morgan fingerprint density at radius 3 is 2.22 bits per heavy atom. The number of Topliss-reactive ketones (excluding diaryl/α,β-unsaturated/α-hetero) is 2. The van der Waals surface area contributed by atoms with Crippen molar-refractivity contribution in [1.82, 2.24) is 10.6 Å². The average molecular weight is 329 g/mol. The Bertz CT molecular complexity index is 262. The van der Waals surface area contributed by atoms with E-state index in [1.165, 1.54) is 21.6 Å². The number of hydrogen-bond acceptors (Lipinski definition) is 8. The highest BCUT2D eigenvalue weighted by atomic mass is 33.1. The maximum atomic E-state index is 11.6. The van der Waals surface area contributed by atoms with E-state index in [2.05, 4.69) is 35.9 Å². The molecule has 0 aromatic carbocycles. The lowest BCUT2D eigenvalue weighted by molar-refractivity contribution is -0.119. The zero-order valence-electron chi connectivity index (χ0n) is 10.5. The first-order valence-electron chi connectivity index (χ1n) is 5.46. The highest BCUT2D eigenvalue weighted by molar-refractivity contribution is 8.76. The van der Waals surface area contributed by atoms with Crippen LogP contribution in [0.3, 0.4) is 0 Å². The second kappa shape index (κ2) is 11.5. The Hall–Kier alpha value is 0.660. The molecule has 0 aliphatic heterocycles. The molecule has 8 heteroatoms. The van der Waals surface area contributed by atoms with Crippen molar-refractivity contribution in [2.24, 2.45) is 0 Å². The van der Waals surface area contributed by atoms with E-state index in [4.69, 9.17) is 0 Å². The van der Waals surface area contributed by atoms with Crippen LogP contribution in [-0.2, 0) is 9.59 Å². The van der Waals surface area contributed by atoms with Gasteiger partial charge in [-0.25, -0.2) is 0 Å². The fourth-order valence-electron chi connectivity index (χ4n) is 1.07. The van der Waals surface area contributed by atoms with E-state index in [0.717, 1.165) is 0 Å². The molecule has 0 rings (SSSR count). The van der Waals surface area contributed by atoms with Crippen LogP contribution < -0.4 is 10.6 Å². The molecule has 0 aromatic heterocycles. The Balaban J connectivity index is 3.67. The van der Waals surface area contributed by atoms with E-state index in [1.807, 2.05) is 0 Å². The summed E-state index contributed by atoms with van der Waals surface area (Å²) >= 11 is 8.20. The van der Waals surface area contributed by atoms with Gasteiger partial charge < -0.3 is 5.32 Å². The van der Waals surface area contributed by atoms with Crippen molar-refractivity contribution in [3.8, 4) is 0 Å². The minimum absolute atomic E-state index is 0.0806. The molecule has 4 nitrogen and oxygen atoms in total. The van der Waals surface area contributed by atoms with Crippen LogP contribution in [0.1, 0.15) is 6.92 Å². The summed E-state index contributed by atoms with van der Waals surface area (Å²) in [4.78, 5) is 22.8. The van der Waals surface area contributed by atoms with Gasteiger partial charge in [-0.2, -0.15) is 25.3 Å². The molecule has 0 spiro atoms. The number of hydrogen-bond donors (Lipinski definition) is 4. The van der Waals surface area contributed by atoms with Crippen molar-refractivity contribution < 1.29 is 9.59 Å². The first-order chi connectivity index (χ1) is 8.56. The minimum Gasteiger partial charge on any atom is -0.310 e. The Kier molecular flexibility index (Phi) is 11.9. The van der Waals surface area contributed by atoms with Gasteiger partial charge in [-0.15, -0.1) is 0 Å². The summed E-state index contributed by atoms with van der Waals surface area (Å²) in [6.45, 7) is 1.54. The number of rotatable bonds is 11. The molecule has 0 amide bonds. The van der Waals surface area contributed by atoms with Crippen LogP contribution in [0, 0.1) is 0 Å². The first kappa shape index (κ1) is 18.7. The molecule has 0 fully saturated rings. The maximum Gasteiger partial charge on any atom is 0.161 e. The summed E-state index contributed by atoms with van der Waals surface area (Å²) in [5, 5.41) is 5.99. The smallest absolute Gasteiger partial charge is 0.161 e. The number of thiol groups is 2. The highest BCUT2D eigenvalue weighted by Gasteiger charge is 2.14. The molecule has 2 atom stereocenters. The molecule has 106 valence electrons. The number of ketones is 2. The zero-order chi connectivity index (χ0) is 14.0. The van der Waals surface area contributed by atoms with Crippen LogP contribution in [0.15, 0.2) is 0 Å². The van der Waals surface area contributed by atoms with Gasteiger partial charge in [-0.3, -0.25) is 14.9 Å². The number of carbonyl (C=O) groups excluding carboxylic acids is 2. The molecule has 0 aliphatic rings. The van der Waals surface area contributed by atoms with Crippen molar-refractivity contribution in [3.05, 3.63) is 0 Å². The molecule has 18 heavy (non-hydrogen) atoms. The molecule has 0 heterocycles. The monoisotopic (exact) mass is 328 g/mol. The Morgan fingerprint density at radius 1 is 1.17 bits per heavy atom. The minimum atomic E-state index is -0.209. The number of nitrogens with one attached hydrogen (secondary N) is 2. The fourth-order valence-corrected chi connectivity index (χ4v) is 3.65. The molecule has 0 saturated heterocycles. The molecular formula is C10H20N2O2S4.